The summed E-state index contributed by atoms with van der Waals surface area (Å²) < 4.78 is 0. The number of hydrogen-bond donors (Lipinski definition) is 0. The van der Waals surface area contributed by atoms with Crippen molar-refractivity contribution in [3.63, 3.8) is 0 Å². The van der Waals surface area contributed by atoms with Gasteiger partial charge in [0.1, 0.15) is 0 Å². The van der Waals surface area contributed by atoms with Crippen molar-refractivity contribution in [1.29, 1.82) is 0 Å². The summed E-state index contributed by atoms with van der Waals surface area (Å²) in [4.78, 5) is 0. The Morgan fingerprint density at radius 3 is 0.105 bits per heavy atom. The third-order valence-electron chi connectivity index (χ3n) is 0. The SMILES string of the molecule is O.O.O.O.O.O.O.O.O.O.O.O.O.O.O.O.[AlH3].[AlH3].[AlH3]. The molecule has 19 heteroatoms. The number of rotatable bonds is 0. The van der Waals surface area contributed by atoms with E-state index in [1.807, 2.05) is 0 Å². The molecule has 0 unspecified atom stereocenters. The summed E-state index contributed by atoms with van der Waals surface area (Å²) in [6, 6.07) is 0. The average molecular weight is 378 g/mol. The highest BCUT2D eigenvalue weighted by Crippen LogP contribution is -0.274. The van der Waals surface area contributed by atoms with Crippen LogP contribution in [0.1, 0.15) is 0 Å². The van der Waals surface area contributed by atoms with Crippen LogP contribution in [-0.2, 0) is 0 Å². The monoisotopic (exact) mass is 378 g/mol. The minimum Gasteiger partial charge on any atom is -0.412 e. The molecule has 0 aliphatic carbocycles. The molecule has 0 saturated heterocycles. The Labute approximate surface area is 140 Å². The van der Waals surface area contributed by atoms with E-state index in [0.717, 1.165) is 0 Å². The molecule has 0 amide bonds. The molecule has 0 rings (SSSR count). The van der Waals surface area contributed by atoms with Gasteiger partial charge in [0.15, 0.2) is 52.1 Å². The first kappa shape index (κ1) is 7820. The van der Waals surface area contributed by atoms with Crippen molar-refractivity contribution in [2.45, 2.75) is 0 Å². The summed E-state index contributed by atoms with van der Waals surface area (Å²) in [5.41, 5.74) is 0. The minimum absolute atomic E-state index is 0. The van der Waals surface area contributed by atoms with E-state index in [1.165, 1.54) is 0 Å². The molecule has 0 aliphatic heterocycles. The van der Waals surface area contributed by atoms with Crippen molar-refractivity contribution < 1.29 is 87.6 Å². The zero-order valence-electron chi connectivity index (χ0n) is 8.00. The van der Waals surface area contributed by atoms with Crippen molar-refractivity contribution >= 4 is 52.1 Å². The first-order chi connectivity index (χ1) is 0. The molecule has 0 heterocycles. The van der Waals surface area contributed by atoms with Crippen LogP contribution in [0.4, 0.5) is 0 Å². The third kappa shape index (κ3) is 5950. The summed E-state index contributed by atoms with van der Waals surface area (Å²) in [6.07, 6.45) is 0. The average Bonchev–Trinajstić information content (AvgIpc) is 0. The van der Waals surface area contributed by atoms with E-state index in [0.29, 0.717) is 0 Å². The fraction of sp³-hybridized carbons (Fsp3) is 0. The Kier molecular flexibility index (Phi) is 2750000. The van der Waals surface area contributed by atoms with Gasteiger partial charge in [0.25, 0.3) is 0 Å². The zero-order valence-corrected chi connectivity index (χ0v) is 8.00. The second kappa shape index (κ2) is 6670. The molecule has 32 N–H and O–H groups in total. The van der Waals surface area contributed by atoms with Gasteiger partial charge in [0.2, 0.25) is 0 Å². The Balaban J connectivity index is 0. The van der Waals surface area contributed by atoms with Gasteiger partial charge in [-0.1, -0.05) is 0 Å². The summed E-state index contributed by atoms with van der Waals surface area (Å²) in [7, 11) is 0. The van der Waals surface area contributed by atoms with Gasteiger partial charge < -0.3 is 87.6 Å². The second-order valence-corrected chi connectivity index (χ2v) is 0. The molecule has 19 heavy (non-hydrogen) atoms. The van der Waals surface area contributed by atoms with Gasteiger partial charge in [-0.15, -0.1) is 0 Å². The second-order valence-electron chi connectivity index (χ2n) is 0. The third-order valence-corrected chi connectivity index (χ3v) is 0. The van der Waals surface area contributed by atoms with E-state index < -0.39 is 0 Å². The van der Waals surface area contributed by atoms with Crippen LogP contribution in [-0.4, -0.2) is 140 Å². The van der Waals surface area contributed by atoms with E-state index >= 15 is 0 Å². The van der Waals surface area contributed by atoms with Gasteiger partial charge in [-0.3, -0.25) is 0 Å². The van der Waals surface area contributed by atoms with Gasteiger partial charge >= 0.3 is 0 Å². The van der Waals surface area contributed by atoms with Gasteiger partial charge in [-0.25, -0.2) is 0 Å². The predicted molar refractivity (Wildman–Crippen MR) is 87.6 cm³/mol. The smallest absolute Gasteiger partial charge is 0.187 e. The van der Waals surface area contributed by atoms with E-state index in [4.69, 9.17) is 0 Å². The summed E-state index contributed by atoms with van der Waals surface area (Å²) >= 11 is 0. The fourth-order valence-electron chi connectivity index (χ4n) is 0. The Morgan fingerprint density at radius 2 is 0.105 bits per heavy atom. The molecule has 0 saturated carbocycles. The molecule has 0 aromatic heterocycles. The minimum atomic E-state index is 0. The van der Waals surface area contributed by atoms with E-state index in [9.17, 15) is 0 Å². The van der Waals surface area contributed by atoms with Crippen LogP contribution in [0.2, 0.25) is 0 Å². The Morgan fingerprint density at radius 1 is 0.105 bits per heavy atom. The topological polar surface area (TPSA) is 504 Å². The quantitative estimate of drug-likeness (QED) is 0.354. The predicted octanol–water partition coefficient (Wildman–Crippen LogP) is -16.7. The zero-order chi connectivity index (χ0) is 0. The first-order valence-electron chi connectivity index (χ1n) is 0. The van der Waals surface area contributed by atoms with Crippen LogP contribution in [0.15, 0.2) is 0 Å². The van der Waals surface area contributed by atoms with Crippen molar-refractivity contribution in [3.05, 3.63) is 0 Å². The van der Waals surface area contributed by atoms with Crippen LogP contribution in [0.5, 0.6) is 0 Å². The van der Waals surface area contributed by atoms with E-state index in [2.05, 4.69) is 0 Å². The standard InChI is InChI=1S/3Al.16H2O.9H/h;;;16*1H2;;;;;;;;;. The summed E-state index contributed by atoms with van der Waals surface area (Å²) in [5.74, 6) is 0. The van der Waals surface area contributed by atoms with Crippen LogP contribution in [0.3, 0.4) is 0 Å². The highest BCUT2D eigenvalue weighted by Gasteiger charge is 0.189. The molecule has 146 valence electrons. The molecule has 0 aromatic carbocycles. The molecule has 0 aromatic rings. The lowest BCUT2D eigenvalue weighted by atomic mass is 16.0. The maximum absolute atomic E-state index is 0. The van der Waals surface area contributed by atoms with Crippen molar-refractivity contribution in [3.8, 4) is 0 Å². The lowest BCUT2D eigenvalue weighted by Gasteiger charge is -0.413. The van der Waals surface area contributed by atoms with Crippen LogP contribution >= 0.6 is 0 Å². The molecule has 0 fully saturated rings. The normalized spacial score (nSPS) is 0. The van der Waals surface area contributed by atoms with Crippen molar-refractivity contribution in [2.24, 2.45) is 0 Å². The molecule has 0 radical (unpaired) electrons. The maximum Gasteiger partial charge on any atom is 0.187 e. The number of hydrogen-bond acceptors (Lipinski definition) is 0. The van der Waals surface area contributed by atoms with Crippen LogP contribution in [0, 0.1) is 0 Å². The Hall–Kier alpha value is 0.957. The molecule has 0 atom stereocenters. The lowest BCUT2D eigenvalue weighted by molar-refractivity contribution is 0.823. The molecule has 16 nitrogen and oxygen atoms in total. The largest absolute Gasteiger partial charge is 0.412 e. The maximum atomic E-state index is 0. The van der Waals surface area contributed by atoms with Crippen LogP contribution in [0.25, 0.3) is 0 Å². The molecule has 0 aliphatic rings. The van der Waals surface area contributed by atoms with Gasteiger partial charge in [-0.2, -0.15) is 0 Å². The Bertz CT molecular complexity index is 12.0. The van der Waals surface area contributed by atoms with Crippen molar-refractivity contribution in [2.75, 3.05) is 0 Å². The van der Waals surface area contributed by atoms with Gasteiger partial charge in [0.05, 0.1) is 0 Å². The van der Waals surface area contributed by atoms with Gasteiger partial charge in [-0.05, 0) is 0 Å². The first-order valence-corrected chi connectivity index (χ1v) is 0. The lowest BCUT2D eigenvalue weighted by Crippen LogP contribution is -0.382. The summed E-state index contributed by atoms with van der Waals surface area (Å²) in [5, 5.41) is 0. The van der Waals surface area contributed by atoms with E-state index in [-0.39, 0.29) is 140 Å². The van der Waals surface area contributed by atoms with Gasteiger partial charge in [0, 0.05) is 0 Å². The molecule has 0 spiro atoms. The highest BCUT2D eigenvalue weighted by molar-refractivity contribution is 5.76. The highest BCUT2D eigenvalue weighted by atomic mass is 27.0. The molecular weight excluding hydrogens is 337 g/mol. The van der Waals surface area contributed by atoms with E-state index in [1.54, 1.807) is 0 Å². The molecule has 0 bridgehead atoms. The fourth-order valence-corrected chi connectivity index (χ4v) is 0. The van der Waals surface area contributed by atoms with Crippen LogP contribution < -0.4 is 0 Å². The van der Waals surface area contributed by atoms with Crippen molar-refractivity contribution in [1.82, 2.24) is 0 Å². The molecular formula is H41Al3O16. The summed E-state index contributed by atoms with van der Waals surface area (Å²) in [6.45, 7) is 0.